The van der Waals surface area contributed by atoms with Gasteiger partial charge in [-0.2, -0.15) is 0 Å². The molecule has 34 heavy (non-hydrogen) atoms. The van der Waals surface area contributed by atoms with Gasteiger partial charge in [-0.1, -0.05) is 12.8 Å². The Morgan fingerprint density at radius 2 is 1.94 bits per heavy atom. The summed E-state index contributed by atoms with van der Waals surface area (Å²) in [6.07, 6.45) is 4.24. The summed E-state index contributed by atoms with van der Waals surface area (Å²) in [4.78, 5) is 25.5. The van der Waals surface area contributed by atoms with E-state index in [1.165, 1.54) is 24.3 Å². The van der Waals surface area contributed by atoms with Crippen LogP contribution in [0.5, 0.6) is 11.5 Å². The van der Waals surface area contributed by atoms with E-state index in [1.54, 1.807) is 14.2 Å². The zero-order chi connectivity index (χ0) is 24.3. The van der Waals surface area contributed by atoms with Crippen LogP contribution in [0.4, 0.5) is 11.4 Å². The van der Waals surface area contributed by atoms with Crippen molar-refractivity contribution in [3.63, 3.8) is 0 Å². The molecule has 1 aliphatic carbocycles. The number of piperidine rings is 1. The summed E-state index contributed by atoms with van der Waals surface area (Å²) in [5.41, 5.74) is 0.589. The van der Waals surface area contributed by atoms with Crippen molar-refractivity contribution >= 4 is 17.3 Å². The molecule has 182 valence electrons. The summed E-state index contributed by atoms with van der Waals surface area (Å²) in [6.45, 7) is 0.681. The average molecular weight is 470 g/mol. The number of anilines is 1. The smallest absolute Gasteiger partial charge is 0.269 e. The van der Waals surface area contributed by atoms with Gasteiger partial charge >= 0.3 is 0 Å². The van der Waals surface area contributed by atoms with Crippen LogP contribution in [0.2, 0.25) is 0 Å². The molecule has 1 aliphatic heterocycles. The molecule has 1 saturated heterocycles. The largest absolute Gasteiger partial charge is 0.497 e. The van der Waals surface area contributed by atoms with Crippen LogP contribution in [0, 0.1) is 16.0 Å². The summed E-state index contributed by atoms with van der Waals surface area (Å²) >= 11 is 0. The molecule has 2 aromatic carbocycles. The zero-order valence-corrected chi connectivity index (χ0v) is 19.5. The first-order chi connectivity index (χ1) is 16.3. The van der Waals surface area contributed by atoms with Crippen LogP contribution in [-0.4, -0.2) is 53.7 Å². The minimum Gasteiger partial charge on any atom is -0.497 e. The molecule has 0 spiro atoms. The third-order valence-corrected chi connectivity index (χ3v) is 7.14. The fourth-order valence-corrected chi connectivity index (χ4v) is 5.46. The highest BCUT2D eigenvalue weighted by molar-refractivity contribution is 5.92. The summed E-state index contributed by atoms with van der Waals surface area (Å²) < 4.78 is 11.1. The Labute approximate surface area is 198 Å². The average Bonchev–Trinajstić information content (AvgIpc) is 2.84. The van der Waals surface area contributed by atoms with E-state index in [2.05, 4.69) is 10.2 Å². The van der Waals surface area contributed by atoms with Crippen molar-refractivity contribution in [3.05, 3.63) is 58.1 Å². The van der Waals surface area contributed by atoms with Crippen molar-refractivity contribution < 1.29 is 24.3 Å². The molecule has 2 N–H and O–H groups in total. The number of nitro benzene ring substituents is 1. The number of non-ortho nitro benzene ring substituents is 1. The van der Waals surface area contributed by atoms with E-state index in [0.717, 1.165) is 31.2 Å². The van der Waals surface area contributed by atoms with E-state index < -0.39 is 10.5 Å². The van der Waals surface area contributed by atoms with Crippen LogP contribution in [0.15, 0.2) is 42.5 Å². The number of amides is 1. The normalized spacial score (nSPS) is 24.7. The molecule has 4 rings (SSSR count). The molecule has 1 heterocycles. The van der Waals surface area contributed by atoms with Crippen LogP contribution in [-0.2, 0) is 4.79 Å². The Morgan fingerprint density at radius 1 is 1.18 bits per heavy atom. The number of hydrogen-bond acceptors (Lipinski definition) is 7. The van der Waals surface area contributed by atoms with E-state index in [1.807, 2.05) is 18.2 Å². The number of rotatable bonds is 7. The highest BCUT2D eigenvalue weighted by atomic mass is 16.6. The standard InChI is InChI=1S/C25H31N3O6/c1-33-19-10-11-22(34-2)20(15-19)24-21-5-3-4-12-25(21,30)13-14-27(24)16-23(29)26-17-6-8-18(9-7-17)28(31)32/h6-11,15,21,24,30H,3-5,12-14,16H2,1-2H3,(H,26,29)/t21-,24-,25+/m1/s1. The number of fused-ring (bicyclic) bond motifs is 1. The Bertz CT molecular complexity index is 1040. The number of benzene rings is 2. The van der Waals surface area contributed by atoms with Gasteiger partial charge < -0.3 is 19.9 Å². The molecule has 9 heteroatoms. The molecule has 2 fully saturated rings. The van der Waals surface area contributed by atoms with Gasteiger partial charge in [-0.3, -0.25) is 19.8 Å². The van der Waals surface area contributed by atoms with Gasteiger partial charge in [-0.15, -0.1) is 0 Å². The molecule has 1 saturated carbocycles. The lowest BCUT2D eigenvalue weighted by Crippen LogP contribution is -2.56. The van der Waals surface area contributed by atoms with Crippen molar-refractivity contribution in [1.29, 1.82) is 0 Å². The first kappa shape index (κ1) is 24.0. The third kappa shape index (κ3) is 4.85. The number of nitrogens with one attached hydrogen (secondary N) is 1. The Morgan fingerprint density at radius 3 is 2.62 bits per heavy atom. The second kappa shape index (κ2) is 9.99. The number of methoxy groups -OCH3 is 2. The number of nitro groups is 1. The van der Waals surface area contributed by atoms with Crippen molar-refractivity contribution in [2.45, 2.75) is 43.7 Å². The van der Waals surface area contributed by atoms with Crippen LogP contribution in [0.25, 0.3) is 0 Å². The summed E-state index contributed by atoms with van der Waals surface area (Å²) in [5, 5.41) is 25.2. The minimum atomic E-state index is -0.775. The second-order valence-corrected chi connectivity index (χ2v) is 9.08. The molecule has 3 atom stereocenters. The minimum absolute atomic E-state index is 0.0317. The Kier molecular flexibility index (Phi) is 7.04. The number of carbonyl (C=O) groups is 1. The van der Waals surface area contributed by atoms with Crippen molar-refractivity contribution in [2.75, 3.05) is 32.6 Å². The highest BCUT2D eigenvalue weighted by Gasteiger charge is 2.50. The van der Waals surface area contributed by atoms with Gasteiger partial charge in [-0.05, 0) is 49.6 Å². The zero-order valence-electron chi connectivity index (χ0n) is 19.5. The monoisotopic (exact) mass is 469 g/mol. The predicted molar refractivity (Wildman–Crippen MR) is 127 cm³/mol. The lowest BCUT2D eigenvalue weighted by molar-refractivity contribution is -0.384. The maximum Gasteiger partial charge on any atom is 0.269 e. The van der Waals surface area contributed by atoms with Crippen molar-refractivity contribution in [3.8, 4) is 11.5 Å². The number of hydrogen-bond donors (Lipinski definition) is 2. The maximum absolute atomic E-state index is 13.0. The lowest BCUT2D eigenvalue weighted by atomic mass is 9.66. The van der Waals surface area contributed by atoms with Gasteiger partial charge in [0.2, 0.25) is 5.91 Å². The van der Waals surface area contributed by atoms with Gasteiger partial charge in [0, 0.05) is 41.9 Å². The first-order valence-electron chi connectivity index (χ1n) is 11.6. The second-order valence-electron chi connectivity index (χ2n) is 9.08. The molecule has 9 nitrogen and oxygen atoms in total. The highest BCUT2D eigenvalue weighted by Crippen LogP contribution is 2.51. The number of aliphatic hydroxyl groups is 1. The molecule has 1 amide bonds. The fourth-order valence-electron chi connectivity index (χ4n) is 5.46. The molecule has 2 aliphatic rings. The SMILES string of the molecule is COc1ccc(OC)c([C@@H]2[C@H]3CCCC[C@]3(O)CCN2CC(=O)Nc2ccc([N+](=O)[O-])cc2)c1. The van der Waals surface area contributed by atoms with Gasteiger partial charge in [-0.25, -0.2) is 0 Å². The van der Waals surface area contributed by atoms with Crippen LogP contribution < -0.4 is 14.8 Å². The Balaban J connectivity index is 1.61. The van der Waals surface area contributed by atoms with Crippen LogP contribution >= 0.6 is 0 Å². The molecule has 2 aromatic rings. The van der Waals surface area contributed by atoms with E-state index >= 15 is 0 Å². The molecule has 0 aromatic heterocycles. The molecule has 0 unspecified atom stereocenters. The van der Waals surface area contributed by atoms with Gasteiger partial charge in [0.25, 0.3) is 5.69 Å². The van der Waals surface area contributed by atoms with E-state index in [0.29, 0.717) is 30.2 Å². The Hall–Kier alpha value is -3.17. The summed E-state index contributed by atoms with van der Waals surface area (Å²) in [7, 11) is 3.23. The van der Waals surface area contributed by atoms with Gasteiger partial charge in [0.1, 0.15) is 11.5 Å². The summed E-state index contributed by atoms with van der Waals surface area (Å²) in [5.74, 6) is 1.13. The number of carbonyl (C=O) groups excluding carboxylic acids is 1. The van der Waals surface area contributed by atoms with Gasteiger partial charge in [0.15, 0.2) is 0 Å². The third-order valence-electron chi connectivity index (χ3n) is 7.14. The predicted octanol–water partition coefficient (Wildman–Crippen LogP) is 3.92. The number of likely N-dealkylation sites (tertiary alicyclic amines) is 1. The maximum atomic E-state index is 13.0. The lowest BCUT2D eigenvalue weighted by Gasteiger charge is -2.52. The quantitative estimate of drug-likeness (QED) is 0.467. The van der Waals surface area contributed by atoms with Gasteiger partial charge in [0.05, 0.1) is 31.3 Å². The van der Waals surface area contributed by atoms with E-state index in [4.69, 9.17) is 9.47 Å². The number of ether oxygens (including phenoxy) is 2. The molecule has 0 radical (unpaired) electrons. The van der Waals surface area contributed by atoms with E-state index in [9.17, 15) is 20.0 Å². The van der Waals surface area contributed by atoms with E-state index in [-0.39, 0.29) is 30.1 Å². The first-order valence-corrected chi connectivity index (χ1v) is 11.6. The van der Waals surface area contributed by atoms with Crippen molar-refractivity contribution in [1.82, 2.24) is 4.90 Å². The topological polar surface area (TPSA) is 114 Å². The summed E-state index contributed by atoms with van der Waals surface area (Å²) in [6, 6.07) is 11.2. The molecular weight excluding hydrogens is 438 g/mol. The fraction of sp³-hybridized carbons (Fsp3) is 0.480. The van der Waals surface area contributed by atoms with Crippen LogP contribution in [0.1, 0.15) is 43.7 Å². The number of nitrogens with zero attached hydrogens (tertiary/aromatic N) is 2. The van der Waals surface area contributed by atoms with Crippen LogP contribution in [0.3, 0.4) is 0 Å². The van der Waals surface area contributed by atoms with Crippen molar-refractivity contribution in [2.24, 2.45) is 5.92 Å². The molecule has 0 bridgehead atoms. The molecular formula is C25H31N3O6.